The molecule has 1 N–H and O–H groups in total. The second-order valence-corrected chi connectivity index (χ2v) is 5.63. The van der Waals surface area contributed by atoms with Crippen LogP contribution in [0.15, 0.2) is 24.3 Å². The van der Waals surface area contributed by atoms with Gasteiger partial charge in [0.15, 0.2) is 0 Å². The van der Waals surface area contributed by atoms with Gasteiger partial charge in [-0.25, -0.2) is 0 Å². The van der Waals surface area contributed by atoms with Gasteiger partial charge in [-0.05, 0) is 50.6 Å². The van der Waals surface area contributed by atoms with E-state index in [9.17, 15) is 0 Å². The van der Waals surface area contributed by atoms with Gasteiger partial charge in [0.2, 0.25) is 0 Å². The molecule has 1 aliphatic rings. The van der Waals surface area contributed by atoms with E-state index in [1.54, 1.807) is 0 Å². The molecule has 2 rings (SSSR count). The topological polar surface area (TPSA) is 15.3 Å². The number of hydrogen-bond acceptors (Lipinski definition) is 2. The summed E-state index contributed by atoms with van der Waals surface area (Å²) in [6, 6.07) is 9.35. The van der Waals surface area contributed by atoms with Gasteiger partial charge in [-0.2, -0.15) is 0 Å². The van der Waals surface area contributed by atoms with Gasteiger partial charge in [-0.15, -0.1) is 0 Å². The van der Waals surface area contributed by atoms with Crippen molar-refractivity contribution in [3.05, 3.63) is 34.9 Å². The van der Waals surface area contributed by atoms with Crippen molar-refractivity contribution in [2.45, 2.75) is 38.3 Å². The molecule has 0 aromatic heterocycles. The van der Waals surface area contributed by atoms with E-state index in [1.165, 1.54) is 24.9 Å². The molecule has 2 nitrogen and oxygen atoms in total. The van der Waals surface area contributed by atoms with E-state index in [-0.39, 0.29) is 0 Å². The van der Waals surface area contributed by atoms with Crippen molar-refractivity contribution in [3.8, 4) is 0 Å². The lowest BCUT2D eigenvalue weighted by atomic mass is 10.0. The fourth-order valence-electron chi connectivity index (χ4n) is 2.71. The van der Waals surface area contributed by atoms with Crippen LogP contribution in [0.25, 0.3) is 0 Å². The first-order valence-corrected chi connectivity index (χ1v) is 7.27. The molecule has 1 aliphatic heterocycles. The maximum absolute atomic E-state index is 5.93. The predicted molar refractivity (Wildman–Crippen MR) is 78.1 cm³/mol. The predicted octanol–water partition coefficient (Wildman–Crippen LogP) is 3.47. The van der Waals surface area contributed by atoms with E-state index in [4.69, 9.17) is 11.6 Å². The molecule has 2 unspecified atom stereocenters. The number of nitrogens with zero attached hydrogens (tertiary/aromatic N) is 1. The molecule has 0 spiro atoms. The van der Waals surface area contributed by atoms with E-state index in [2.05, 4.69) is 36.3 Å². The Morgan fingerprint density at radius 2 is 2.11 bits per heavy atom. The average Bonchev–Trinajstić information content (AvgIpc) is 2.78. The van der Waals surface area contributed by atoms with Crippen LogP contribution >= 0.6 is 11.6 Å². The van der Waals surface area contributed by atoms with Gasteiger partial charge in [-0.1, -0.05) is 30.7 Å². The van der Waals surface area contributed by atoms with Gasteiger partial charge in [0, 0.05) is 23.7 Å². The third-order valence-electron chi connectivity index (χ3n) is 3.95. The Balaban J connectivity index is 1.91. The minimum absolute atomic E-state index is 0.441. The summed E-state index contributed by atoms with van der Waals surface area (Å²) in [5.41, 5.74) is 1.34. The minimum atomic E-state index is 0.441. The summed E-state index contributed by atoms with van der Waals surface area (Å²) in [6.07, 6.45) is 3.76. The van der Waals surface area contributed by atoms with Gasteiger partial charge in [0.25, 0.3) is 0 Å². The number of rotatable bonds is 5. The highest BCUT2D eigenvalue weighted by molar-refractivity contribution is 6.30. The maximum Gasteiger partial charge on any atom is 0.0406 e. The summed E-state index contributed by atoms with van der Waals surface area (Å²) in [5.74, 6) is 0. The zero-order valence-electron chi connectivity index (χ0n) is 11.3. The Kier molecular flexibility index (Phi) is 5.04. The summed E-state index contributed by atoms with van der Waals surface area (Å²) in [7, 11) is 2.22. The van der Waals surface area contributed by atoms with Crippen LogP contribution in [0.3, 0.4) is 0 Å². The Morgan fingerprint density at radius 3 is 2.67 bits per heavy atom. The Hall–Kier alpha value is -0.570. The van der Waals surface area contributed by atoms with E-state index in [0.717, 1.165) is 18.0 Å². The van der Waals surface area contributed by atoms with Crippen molar-refractivity contribution in [1.29, 1.82) is 0 Å². The fraction of sp³-hybridized carbons (Fsp3) is 0.600. The molecule has 0 radical (unpaired) electrons. The maximum atomic E-state index is 5.93. The number of benzene rings is 1. The summed E-state index contributed by atoms with van der Waals surface area (Å²) < 4.78 is 0. The molecule has 1 fully saturated rings. The van der Waals surface area contributed by atoms with Gasteiger partial charge in [0.1, 0.15) is 0 Å². The van der Waals surface area contributed by atoms with E-state index in [0.29, 0.717) is 12.1 Å². The fourth-order valence-corrected chi connectivity index (χ4v) is 2.83. The van der Waals surface area contributed by atoms with E-state index in [1.807, 2.05) is 12.1 Å². The quantitative estimate of drug-likeness (QED) is 0.878. The third kappa shape index (κ3) is 3.47. The summed E-state index contributed by atoms with van der Waals surface area (Å²) in [5, 5.41) is 4.50. The van der Waals surface area contributed by atoms with Crippen molar-refractivity contribution < 1.29 is 0 Å². The monoisotopic (exact) mass is 266 g/mol. The minimum Gasteiger partial charge on any atom is -0.308 e. The molecule has 0 aliphatic carbocycles. The summed E-state index contributed by atoms with van der Waals surface area (Å²) in [4.78, 5) is 2.46. The molecule has 100 valence electrons. The molecule has 1 aromatic rings. The molecule has 0 bridgehead atoms. The van der Waals surface area contributed by atoms with Crippen LogP contribution in [0.5, 0.6) is 0 Å². The van der Waals surface area contributed by atoms with Crippen LogP contribution in [0.4, 0.5) is 0 Å². The molecular formula is C15H23ClN2. The number of hydrogen-bond donors (Lipinski definition) is 1. The third-order valence-corrected chi connectivity index (χ3v) is 4.20. The number of likely N-dealkylation sites (N-methyl/N-ethyl adjacent to an activating group) is 1. The molecule has 18 heavy (non-hydrogen) atoms. The largest absolute Gasteiger partial charge is 0.308 e. The van der Waals surface area contributed by atoms with Crippen LogP contribution in [0.1, 0.15) is 37.8 Å². The van der Waals surface area contributed by atoms with Crippen LogP contribution in [0, 0.1) is 0 Å². The molecule has 1 heterocycles. The Bertz CT molecular complexity index is 363. The molecule has 1 saturated heterocycles. The first-order valence-electron chi connectivity index (χ1n) is 6.89. The molecule has 1 aromatic carbocycles. The van der Waals surface area contributed by atoms with Crippen LogP contribution in [-0.2, 0) is 0 Å². The van der Waals surface area contributed by atoms with Crippen LogP contribution < -0.4 is 5.32 Å². The van der Waals surface area contributed by atoms with Gasteiger partial charge < -0.3 is 10.2 Å². The highest BCUT2D eigenvalue weighted by atomic mass is 35.5. The SMILES string of the molecule is CCC(NCC1CCCN1C)c1ccc(Cl)cc1. The van der Waals surface area contributed by atoms with E-state index >= 15 is 0 Å². The second-order valence-electron chi connectivity index (χ2n) is 5.20. The van der Waals surface area contributed by atoms with Crippen molar-refractivity contribution in [3.63, 3.8) is 0 Å². The zero-order valence-corrected chi connectivity index (χ0v) is 12.1. The number of likely N-dealkylation sites (tertiary alicyclic amines) is 1. The van der Waals surface area contributed by atoms with Gasteiger partial charge in [0.05, 0.1) is 0 Å². The smallest absolute Gasteiger partial charge is 0.0406 e. The average molecular weight is 267 g/mol. The van der Waals surface area contributed by atoms with Crippen molar-refractivity contribution in [2.24, 2.45) is 0 Å². The summed E-state index contributed by atoms with van der Waals surface area (Å²) in [6.45, 7) is 4.55. The highest BCUT2D eigenvalue weighted by Gasteiger charge is 2.21. The molecule has 0 amide bonds. The standard InChI is InChI=1S/C15H23ClN2/c1-3-15(12-6-8-13(16)9-7-12)17-11-14-5-4-10-18(14)2/h6-9,14-15,17H,3-5,10-11H2,1-2H3. The molecular weight excluding hydrogens is 244 g/mol. The van der Waals surface area contributed by atoms with Gasteiger partial charge in [-0.3, -0.25) is 0 Å². The first-order chi connectivity index (χ1) is 8.70. The van der Waals surface area contributed by atoms with Crippen LogP contribution in [-0.4, -0.2) is 31.1 Å². The highest BCUT2D eigenvalue weighted by Crippen LogP contribution is 2.20. The molecule has 3 heteroatoms. The zero-order chi connectivity index (χ0) is 13.0. The number of nitrogens with one attached hydrogen (secondary N) is 1. The van der Waals surface area contributed by atoms with E-state index < -0.39 is 0 Å². The van der Waals surface area contributed by atoms with Crippen molar-refractivity contribution in [1.82, 2.24) is 10.2 Å². The first kappa shape index (κ1) is 13.9. The summed E-state index contributed by atoms with van der Waals surface area (Å²) >= 11 is 5.93. The van der Waals surface area contributed by atoms with Crippen LogP contribution in [0.2, 0.25) is 5.02 Å². The molecule has 0 saturated carbocycles. The second kappa shape index (κ2) is 6.55. The van der Waals surface area contributed by atoms with Gasteiger partial charge >= 0.3 is 0 Å². The Morgan fingerprint density at radius 1 is 1.39 bits per heavy atom. The molecule has 2 atom stereocenters. The Labute approximate surface area is 115 Å². The normalized spacial score (nSPS) is 22.3. The van der Waals surface area contributed by atoms with Crippen molar-refractivity contribution in [2.75, 3.05) is 20.1 Å². The lowest BCUT2D eigenvalue weighted by molar-refractivity contribution is 0.290. The lowest BCUT2D eigenvalue weighted by Gasteiger charge is -2.24. The number of halogens is 1. The lowest BCUT2D eigenvalue weighted by Crippen LogP contribution is -2.37. The van der Waals surface area contributed by atoms with Crippen molar-refractivity contribution >= 4 is 11.6 Å².